The second-order valence-corrected chi connectivity index (χ2v) is 3.58. The zero-order valence-electron chi connectivity index (χ0n) is 10.3. The number of ether oxygens (including phenoxy) is 1. The summed E-state index contributed by atoms with van der Waals surface area (Å²) < 4.78 is 4.66. The molecule has 0 aliphatic rings. The molecule has 0 atom stereocenters. The average molecular weight is 235 g/mol. The lowest BCUT2D eigenvalue weighted by atomic mass is 10.2. The molecule has 92 valence electrons. The van der Waals surface area contributed by atoms with Crippen LogP contribution in [0, 0.1) is 0 Å². The van der Waals surface area contributed by atoms with Crippen LogP contribution in [-0.4, -0.2) is 33.0 Å². The normalized spacial score (nSPS) is 10.3. The van der Waals surface area contributed by atoms with Gasteiger partial charge in [0.05, 0.1) is 12.8 Å². The number of anilines is 1. The lowest BCUT2D eigenvalue weighted by molar-refractivity contribution is 0.152. The van der Waals surface area contributed by atoms with Crippen molar-refractivity contribution >= 4 is 18.0 Å². The number of nitrogens with zero attached hydrogens (tertiary/aromatic N) is 2. The highest BCUT2D eigenvalue weighted by Crippen LogP contribution is 2.10. The van der Waals surface area contributed by atoms with Crippen LogP contribution in [0.4, 0.5) is 10.5 Å². The summed E-state index contributed by atoms with van der Waals surface area (Å²) in [4.78, 5) is 12.9. The summed E-state index contributed by atoms with van der Waals surface area (Å²) in [6.45, 7) is 2.07. The molecular formula is C12H17N3O2. The Morgan fingerprint density at radius 1 is 1.41 bits per heavy atom. The van der Waals surface area contributed by atoms with E-state index in [1.807, 2.05) is 43.3 Å². The Hall–Kier alpha value is -2.04. The Bertz CT molecular complexity index is 385. The maximum Gasteiger partial charge on any atom is 0.427 e. The molecule has 0 aliphatic carbocycles. The number of benzene rings is 1. The van der Waals surface area contributed by atoms with E-state index in [0.717, 1.165) is 11.3 Å². The topological polar surface area (TPSA) is 53.9 Å². The summed E-state index contributed by atoms with van der Waals surface area (Å²) in [6, 6.07) is 7.80. The minimum absolute atomic E-state index is 0.332. The standard InChI is InChI=1S/C12H17N3O2/c1-4-17-12(16)14-13-9-10-5-7-11(8-6-10)15(2)3/h5-9H,4H2,1-3H3,(H,14,16)/b13-9-. The summed E-state index contributed by atoms with van der Waals surface area (Å²) in [6.07, 6.45) is 1.02. The molecular weight excluding hydrogens is 218 g/mol. The van der Waals surface area contributed by atoms with Gasteiger partial charge in [-0.1, -0.05) is 12.1 Å². The van der Waals surface area contributed by atoms with Crippen LogP contribution in [0.25, 0.3) is 0 Å². The maximum absolute atomic E-state index is 10.9. The van der Waals surface area contributed by atoms with Crippen molar-refractivity contribution in [2.75, 3.05) is 25.6 Å². The third-order valence-corrected chi connectivity index (χ3v) is 2.05. The van der Waals surface area contributed by atoms with Crippen molar-refractivity contribution in [3.8, 4) is 0 Å². The highest BCUT2D eigenvalue weighted by atomic mass is 16.5. The predicted molar refractivity (Wildman–Crippen MR) is 68.5 cm³/mol. The molecule has 0 fully saturated rings. The molecule has 1 aromatic carbocycles. The van der Waals surface area contributed by atoms with E-state index < -0.39 is 6.09 Å². The molecule has 1 rings (SSSR count). The van der Waals surface area contributed by atoms with E-state index >= 15 is 0 Å². The molecule has 5 heteroatoms. The second-order valence-electron chi connectivity index (χ2n) is 3.58. The average Bonchev–Trinajstić information content (AvgIpc) is 2.30. The van der Waals surface area contributed by atoms with Crippen molar-refractivity contribution < 1.29 is 9.53 Å². The van der Waals surface area contributed by atoms with Crippen molar-refractivity contribution in [1.82, 2.24) is 5.43 Å². The molecule has 0 aromatic heterocycles. The largest absolute Gasteiger partial charge is 0.449 e. The van der Waals surface area contributed by atoms with Crippen molar-refractivity contribution in [2.24, 2.45) is 5.10 Å². The molecule has 1 N–H and O–H groups in total. The van der Waals surface area contributed by atoms with Gasteiger partial charge in [0.2, 0.25) is 0 Å². The third kappa shape index (κ3) is 4.55. The van der Waals surface area contributed by atoms with Gasteiger partial charge in [0, 0.05) is 19.8 Å². The lowest BCUT2D eigenvalue weighted by Crippen LogP contribution is -2.18. The first-order chi connectivity index (χ1) is 8.13. The molecule has 0 saturated heterocycles. The van der Waals surface area contributed by atoms with Crippen LogP contribution in [0.1, 0.15) is 12.5 Å². The number of amides is 1. The number of hydrazone groups is 1. The van der Waals surface area contributed by atoms with Gasteiger partial charge in [-0.25, -0.2) is 10.2 Å². The van der Waals surface area contributed by atoms with Gasteiger partial charge < -0.3 is 9.64 Å². The fourth-order valence-corrected chi connectivity index (χ4v) is 1.18. The van der Waals surface area contributed by atoms with Gasteiger partial charge in [-0.15, -0.1) is 0 Å². The minimum Gasteiger partial charge on any atom is -0.449 e. The molecule has 0 radical (unpaired) electrons. The molecule has 5 nitrogen and oxygen atoms in total. The Balaban J connectivity index is 2.51. The van der Waals surface area contributed by atoms with E-state index in [2.05, 4.69) is 15.3 Å². The van der Waals surface area contributed by atoms with Crippen LogP contribution >= 0.6 is 0 Å². The van der Waals surface area contributed by atoms with Crippen molar-refractivity contribution in [2.45, 2.75) is 6.92 Å². The number of carbonyl (C=O) groups excluding carboxylic acids is 1. The number of nitrogens with one attached hydrogen (secondary N) is 1. The lowest BCUT2D eigenvalue weighted by Gasteiger charge is -2.11. The van der Waals surface area contributed by atoms with Gasteiger partial charge in [0.15, 0.2) is 0 Å². The van der Waals surface area contributed by atoms with E-state index in [0.29, 0.717) is 6.61 Å². The molecule has 1 aromatic rings. The number of hydrogen-bond donors (Lipinski definition) is 1. The van der Waals surface area contributed by atoms with Gasteiger partial charge in [0.25, 0.3) is 0 Å². The van der Waals surface area contributed by atoms with E-state index in [1.54, 1.807) is 13.1 Å². The molecule has 17 heavy (non-hydrogen) atoms. The van der Waals surface area contributed by atoms with Crippen molar-refractivity contribution in [3.05, 3.63) is 29.8 Å². The monoisotopic (exact) mass is 235 g/mol. The highest BCUT2D eigenvalue weighted by Gasteiger charge is 1.96. The van der Waals surface area contributed by atoms with Gasteiger partial charge in [-0.05, 0) is 24.6 Å². The first kappa shape index (κ1) is 13.0. The Morgan fingerprint density at radius 3 is 2.59 bits per heavy atom. The van der Waals surface area contributed by atoms with Crippen LogP contribution in [0.5, 0.6) is 0 Å². The van der Waals surface area contributed by atoms with E-state index in [4.69, 9.17) is 0 Å². The fourth-order valence-electron chi connectivity index (χ4n) is 1.18. The molecule has 0 heterocycles. The van der Waals surface area contributed by atoms with Crippen molar-refractivity contribution in [1.29, 1.82) is 0 Å². The SMILES string of the molecule is CCOC(=O)N/N=C\c1ccc(N(C)C)cc1. The zero-order valence-corrected chi connectivity index (χ0v) is 10.3. The summed E-state index contributed by atoms with van der Waals surface area (Å²) in [5.41, 5.74) is 4.29. The first-order valence-corrected chi connectivity index (χ1v) is 5.36. The third-order valence-electron chi connectivity index (χ3n) is 2.05. The molecule has 0 spiro atoms. The molecule has 0 bridgehead atoms. The van der Waals surface area contributed by atoms with Gasteiger partial charge in [-0.3, -0.25) is 0 Å². The number of carbonyl (C=O) groups is 1. The van der Waals surface area contributed by atoms with Crippen LogP contribution in [0.3, 0.4) is 0 Å². The summed E-state index contributed by atoms with van der Waals surface area (Å²) >= 11 is 0. The molecule has 0 aliphatic heterocycles. The van der Waals surface area contributed by atoms with E-state index in [-0.39, 0.29) is 0 Å². The van der Waals surface area contributed by atoms with Crippen LogP contribution in [0.2, 0.25) is 0 Å². The Kier molecular flexibility index (Phi) is 5.00. The van der Waals surface area contributed by atoms with Crippen LogP contribution in [0.15, 0.2) is 29.4 Å². The summed E-state index contributed by atoms with van der Waals surface area (Å²) in [7, 11) is 3.96. The number of rotatable bonds is 4. The summed E-state index contributed by atoms with van der Waals surface area (Å²) in [5.74, 6) is 0. The molecule has 0 unspecified atom stereocenters. The molecule has 1 amide bonds. The Labute approximate surface area is 101 Å². The second kappa shape index (κ2) is 6.52. The first-order valence-electron chi connectivity index (χ1n) is 5.36. The maximum atomic E-state index is 10.9. The van der Waals surface area contributed by atoms with E-state index in [9.17, 15) is 4.79 Å². The highest BCUT2D eigenvalue weighted by molar-refractivity contribution is 5.81. The zero-order chi connectivity index (χ0) is 12.7. The van der Waals surface area contributed by atoms with Gasteiger partial charge >= 0.3 is 6.09 Å². The quantitative estimate of drug-likeness (QED) is 0.640. The van der Waals surface area contributed by atoms with Gasteiger partial charge in [-0.2, -0.15) is 5.10 Å². The van der Waals surface area contributed by atoms with Gasteiger partial charge in [0.1, 0.15) is 0 Å². The van der Waals surface area contributed by atoms with Crippen molar-refractivity contribution in [3.63, 3.8) is 0 Å². The van der Waals surface area contributed by atoms with Crippen LogP contribution in [-0.2, 0) is 4.74 Å². The minimum atomic E-state index is -0.548. The van der Waals surface area contributed by atoms with Crippen LogP contribution < -0.4 is 10.3 Å². The predicted octanol–water partition coefficient (Wildman–Crippen LogP) is 1.83. The Morgan fingerprint density at radius 2 is 2.06 bits per heavy atom. The fraction of sp³-hybridized carbons (Fsp3) is 0.333. The smallest absolute Gasteiger partial charge is 0.427 e. The molecule has 0 saturated carbocycles. The van der Waals surface area contributed by atoms with E-state index in [1.165, 1.54) is 0 Å². The summed E-state index contributed by atoms with van der Waals surface area (Å²) in [5, 5.41) is 3.77. The number of hydrogen-bond acceptors (Lipinski definition) is 4.